The number of amides is 1. The van der Waals surface area contributed by atoms with E-state index in [4.69, 9.17) is 4.98 Å². The molecule has 1 unspecified atom stereocenters. The van der Waals surface area contributed by atoms with E-state index >= 15 is 0 Å². The predicted octanol–water partition coefficient (Wildman–Crippen LogP) is 2.22. The Bertz CT molecular complexity index is 737. The molecular weight excluding hydrogens is 290 g/mol. The lowest BCUT2D eigenvalue weighted by Gasteiger charge is -2.31. The topological polar surface area (TPSA) is 63.9 Å². The Labute approximate surface area is 136 Å². The number of aromatic nitrogens is 4. The lowest BCUT2D eigenvalue weighted by atomic mass is 9.97. The van der Waals surface area contributed by atoms with Crippen LogP contribution < -0.4 is 0 Å². The van der Waals surface area contributed by atoms with Gasteiger partial charge in [-0.2, -0.15) is 0 Å². The zero-order chi connectivity index (χ0) is 16.6. The largest absolute Gasteiger partial charge is 0.342 e. The van der Waals surface area contributed by atoms with E-state index in [2.05, 4.69) is 9.97 Å². The fourth-order valence-corrected chi connectivity index (χ4v) is 3.12. The fraction of sp³-hybridized carbons (Fsp3) is 0.529. The first-order valence-electron chi connectivity index (χ1n) is 8.05. The number of hydrogen-bond donors (Lipinski definition) is 0. The van der Waals surface area contributed by atoms with Crippen molar-refractivity contribution >= 4 is 5.91 Å². The second-order valence-electron chi connectivity index (χ2n) is 6.31. The highest BCUT2D eigenvalue weighted by atomic mass is 16.2. The summed E-state index contributed by atoms with van der Waals surface area (Å²) in [6.07, 6.45) is 3.88. The molecule has 0 aromatic carbocycles. The molecule has 122 valence electrons. The normalized spacial score (nSPS) is 18.3. The van der Waals surface area contributed by atoms with Crippen LogP contribution in [0.4, 0.5) is 0 Å². The quantitative estimate of drug-likeness (QED) is 0.853. The van der Waals surface area contributed by atoms with Gasteiger partial charge in [0, 0.05) is 38.7 Å². The molecule has 1 aliphatic heterocycles. The first-order valence-corrected chi connectivity index (χ1v) is 8.05. The number of imidazole rings is 1. The number of hydrogen-bond acceptors (Lipinski definition) is 4. The van der Waals surface area contributed by atoms with E-state index in [0.29, 0.717) is 6.54 Å². The Hall–Kier alpha value is -2.24. The minimum atomic E-state index is 0.129. The van der Waals surface area contributed by atoms with Crippen molar-refractivity contribution < 1.29 is 4.79 Å². The van der Waals surface area contributed by atoms with Gasteiger partial charge in [0.15, 0.2) is 0 Å². The third kappa shape index (κ3) is 3.11. The Kier molecular flexibility index (Phi) is 4.15. The summed E-state index contributed by atoms with van der Waals surface area (Å²) < 4.78 is 2.04. The summed E-state index contributed by atoms with van der Waals surface area (Å²) in [5.41, 5.74) is 2.84. The molecule has 23 heavy (non-hydrogen) atoms. The van der Waals surface area contributed by atoms with Crippen LogP contribution in [-0.2, 0) is 11.8 Å². The molecule has 3 rings (SSSR count). The molecule has 1 amide bonds. The minimum Gasteiger partial charge on any atom is -0.342 e. The summed E-state index contributed by atoms with van der Waals surface area (Å²) in [5, 5.41) is 0. The third-order valence-corrected chi connectivity index (χ3v) is 4.59. The molecule has 1 saturated heterocycles. The number of carbonyl (C=O) groups is 1. The average molecular weight is 313 g/mol. The number of rotatable bonds is 2. The van der Waals surface area contributed by atoms with Crippen LogP contribution in [0, 0.1) is 13.8 Å². The van der Waals surface area contributed by atoms with Crippen LogP contribution in [0.5, 0.6) is 0 Å². The first-order chi connectivity index (χ1) is 11.0. The monoisotopic (exact) mass is 313 g/mol. The summed E-state index contributed by atoms with van der Waals surface area (Å²) >= 11 is 0. The molecule has 1 fully saturated rings. The second kappa shape index (κ2) is 6.10. The Morgan fingerprint density at radius 1 is 1.30 bits per heavy atom. The van der Waals surface area contributed by atoms with Gasteiger partial charge in [-0.1, -0.05) is 0 Å². The number of nitrogens with zero attached hydrogens (tertiary/aromatic N) is 5. The highest BCUT2D eigenvalue weighted by molar-refractivity contribution is 5.73. The highest BCUT2D eigenvalue weighted by Gasteiger charge is 2.25. The number of carbonyl (C=O) groups excluding carboxylic acids is 1. The van der Waals surface area contributed by atoms with Crippen molar-refractivity contribution in [2.45, 2.75) is 39.5 Å². The minimum absolute atomic E-state index is 0.129. The predicted molar refractivity (Wildman–Crippen MR) is 87.9 cm³/mol. The average Bonchev–Trinajstić information content (AvgIpc) is 2.86. The van der Waals surface area contributed by atoms with Crippen molar-refractivity contribution in [3.8, 4) is 11.4 Å². The van der Waals surface area contributed by atoms with E-state index in [1.165, 1.54) is 0 Å². The fourth-order valence-electron chi connectivity index (χ4n) is 3.12. The molecule has 0 spiro atoms. The van der Waals surface area contributed by atoms with Crippen molar-refractivity contribution in [2.75, 3.05) is 13.1 Å². The summed E-state index contributed by atoms with van der Waals surface area (Å²) in [4.78, 5) is 27.3. The molecular formula is C17H23N5O. The van der Waals surface area contributed by atoms with Crippen LogP contribution in [0.3, 0.4) is 0 Å². The molecule has 2 aromatic rings. The van der Waals surface area contributed by atoms with Gasteiger partial charge in [-0.25, -0.2) is 15.0 Å². The summed E-state index contributed by atoms with van der Waals surface area (Å²) in [6, 6.07) is 1.99. The zero-order valence-corrected chi connectivity index (χ0v) is 14.2. The molecule has 6 nitrogen and oxygen atoms in total. The van der Waals surface area contributed by atoms with Crippen LogP contribution in [0.2, 0.25) is 0 Å². The van der Waals surface area contributed by atoms with E-state index in [-0.39, 0.29) is 11.8 Å². The first kappa shape index (κ1) is 15.6. The molecule has 0 N–H and O–H groups in total. The van der Waals surface area contributed by atoms with Gasteiger partial charge < -0.3 is 9.47 Å². The van der Waals surface area contributed by atoms with E-state index in [0.717, 1.165) is 48.1 Å². The van der Waals surface area contributed by atoms with Gasteiger partial charge in [0.25, 0.3) is 0 Å². The van der Waals surface area contributed by atoms with E-state index in [1.807, 2.05) is 42.6 Å². The van der Waals surface area contributed by atoms with E-state index < -0.39 is 0 Å². The van der Waals surface area contributed by atoms with Gasteiger partial charge >= 0.3 is 0 Å². The molecule has 6 heteroatoms. The zero-order valence-electron chi connectivity index (χ0n) is 14.2. The number of likely N-dealkylation sites (tertiary alicyclic amines) is 1. The second-order valence-corrected chi connectivity index (χ2v) is 6.31. The number of aryl methyl sites for hydroxylation is 2. The van der Waals surface area contributed by atoms with Crippen LogP contribution in [0.25, 0.3) is 11.4 Å². The molecule has 0 bridgehead atoms. The lowest BCUT2D eigenvalue weighted by Crippen LogP contribution is -2.38. The standard InChI is InChI=1S/C17H23N5O/c1-11-8-15(16-9-18-12(2)21(16)4)20-17(19-11)14-6-5-7-22(10-14)13(3)23/h8-9,14H,5-7,10H2,1-4H3. The maximum atomic E-state index is 11.7. The third-order valence-electron chi connectivity index (χ3n) is 4.59. The molecule has 3 heterocycles. The molecule has 1 atom stereocenters. The van der Waals surface area contributed by atoms with Gasteiger partial charge in [-0.05, 0) is 32.8 Å². The molecule has 0 radical (unpaired) electrons. The van der Waals surface area contributed by atoms with Crippen LogP contribution in [-0.4, -0.2) is 43.4 Å². The maximum Gasteiger partial charge on any atom is 0.219 e. The van der Waals surface area contributed by atoms with Gasteiger partial charge in [-0.3, -0.25) is 4.79 Å². The van der Waals surface area contributed by atoms with Crippen molar-refractivity contribution in [2.24, 2.45) is 7.05 Å². The van der Waals surface area contributed by atoms with Gasteiger partial charge in [-0.15, -0.1) is 0 Å². The summed E-state index contributed by atoms with van der Waals surface area (Å²) in [7, 11) is 1.99. The van der Waals surface area contributed by atoms with E-state index in [9.17, 15) is 4.79 Å². The molecule has 1 aliphatic rings. The summed E-state index contributed by atoms with van der Waals surface area (Å²) in [5.74, 6) is 2.13. The van der Waals surface area contributed by atoms with Crippen LogP contribution >= 0.6 is 0 Å². The highest BCUT2D eigenvalue weighted by Crippen LogP contribution is 2.27. The van der Waals surface area contributed by atoms with Crippen molar-refractivity contribution in [3.05, 3.63) is 29.6 Å². The van der Waals surface area contributed by atoms with Crippen molar-refractivity contribution in [3.63, 3.8) is 0 Å². The van der Waals surface area contributed by atoms with Gasteiger partial charge in [0.2, 0.25) is 5.91 Å². The van der Waals surface area contributed by atoms with Crippen molar-refractivity contribution in [1.82, 2.24) is 24.4 Å². The van der Waals surface area contributed by atoms with Gasteiger partial charge in [0.05, 0.1) is 17.6 Å². The molecule has 2 aromatic heterocycles. The Morgan fingerprint density at radius 2 is 2.09 bits per heavy atom. The smallest absolute Gasteiger partial charge is 0.219 e. The lowest BCUT2D eigenvalue weighted by molar-refractivity contribution is -0.130. The summed E-state index contributed by atoms with van der Waals surface area (Å²) in [6.45, 7) is 7.14. The van der Waals surface area contributed by atoms with Crippen LogP contribution in [0.1, 0.15) is 43.0 Å². The van der Waals surface area contributed by atoms with E-state index in [1.54, 1.807) is 6.92 Å². The SMILES string of the molecule is CC(=O)N1CCCC(c2nc(C)cc(-c3cnc(C)n3C)n2)C1. The molecule has 0 aliphatic carbocycles. The Morgan fingerprint density at radius 3 is 2.74 bits per heavy atom. The van der Waals surface area contributed by atoms with Gasteiger partial charge in [0.1, 0.15) is 11.6 Å². The number of piperidine rings is 1. The Balaban J connectivity index is 1.94. The van der Waals surface area contributed by atoms with Crippen LogP contribution in [0.15, 0.2) is 12.3 Å². The maximum absolute atomic E-state index is 11.7. The van der Waals surface area contributed by atoms with Crippen molar-refractivity contribution in [1.29, 1.82) is 0 Å². The molecule has 0 saturated carbocycles.